The number of halogens is 1. The Balaban J connectivity index is 1.78. The Morgan fingerprint density at radius 1 is 1.14 bits per heavy atom. The second kappa shape index (κ2) is 10.9. The Morgan fingerprint density at radius 2 is 1.78 bits per heavy atom. The first-order valence-electron chi connectivity index (χ1n) is 12.7. The Hall–Kier alpha value is -2.73. The minimum absolute atomic E-state index is 0.0873. The van der Waals surface area contributed by atoms with E-state index in [1.165, 1.54) is 6.92 Å². The highest BCUT2D eigenvalue weighted by atomic mass is 35.5. The van der Waals surface area contributed by atoms with Crippen molar-refractivity contribution in [2.45, 2.75) is 90.5 Å². The lowest BCUT2D eigenvalue weighted by Gasteiger charge is -2.38. The van der Waals surface area contributed by atoms with E-state index in [-0.39, 0.29) is 23.2 Å². The Bertz CT molecular complexity index is 1130. The maximum absolute atomic E-state index is 11.9. The van der Waals surface area contributed by atoms with Gasteiger partial charge in [0, 0.05) is 12.5 Å². The summed E-state index contributed by atoms with van der Waals surface area (Å²) in [4.78, 5) is 22.9. The summed E-state index contributed by atoms with van der Waals surface area (Å²) in [7, 11) is 0. The minimum atomic E-state index is -1.03. The Morgan fingerprint density at radius 3 is 2.35 bits per heavy atom. The highest BCUT2D eigenvalue weighted by Gasteiger charge is 2.36. The monoisotopic (exact) mass is 530 g/mol. The van der Waals surface area contributed by atoms with Crippen LogP contribution in [0.2, 0.25) is 0 Å². The van der Waals surface area contributed by atoms with Crippen LogP contribution in [-0.2, 0) is 27.8 Å². The molecule has 3 rings (SSSR count). The molecule has 0 radical (unpaired) electrons. The van der Waals surface area contributed by atoms with Gasteiger partial charge in [-0.15, -0.1) is 11.6 Å². The lowest BCUT2D eigenvalue weighted by molar-refractivity contribution is -0.136. The molecule has 37 heavy (non-hydrogen) atoms. The van der Waals surface area contributed by atoms with Gasteiger partial charge in [-0.1, -0.05) is 46.8 Å². The number of ether oxygens (including phenoxy) is 3. The first-order chi connectivity index (χ1) is 17.1. The van der Waals surface area contributed by atoms with Crippen molar-refractivity contribution in [3.05, 3.63) is 53.1 Å². The summed E-state index contributed by atoms with van der Waals surface area (Å²) in [6.45, 7) is 14.8. The zero-order valence-corrected chi connectivity index (χ0v) is 23.7. The van der Waals surface area contributed by atoms with Gasteiger partial charge in [0.25, 0.3) is 0 Å². The summed E-state index contributed by atoms with van der Waals surface area (Å²) in [5, 5.41) is 8.04. The van der Waals surface area contributed by atoms with Gasteiger partial charge in [0.15, 0.2) is 0 Å². The second-order valence-corrected chi connectivity index (χ2v) is 12.7. The maximum atomic E-state index is 11.9. The summed E-state index contributed by atoms with van der Waals surface area (Å²) < 4.78 is 18.2. The average Bonchev–Trinajstić information content (AvgIpc) is 2.76. The number of aliphatic carboxylic acids is 1. The lowest BCUT2D eigenvalue weighted by Crippen LogP contribution is -2.42. The molecule has 0 saturated heterocycles. The molecule has 2 aromatic rings. The molecule has 2 aromatic carbocycles. The molecular weight excluding hydrogens is 492 g/mol. The normalized spacial score (nSPS) is 18.4. The van der Waals surface area contributed by atoms with Crippen molar-refractivity contribution >= 4 is 23.5 Å². The van der Waals surface area contributed by atoms with Crippen molar-refractivity contribution < 1.29 is 28.9 Å². The molecule has 1 aliphatic rings. The van der Waals surface area contributed by atoms with Crippen LogP contribution in [0.3, 0.4) is 0 Å². The number of hydrogen-bond acceptors (Lipinski definition) is 5. The minimum Gasteiger partial charge on any atom is -0.489 e. The van der Waals surface area contributed by atoms with Gasteiger partial charge in [-0.05, 0) is 78.8 Å². The molecule has 2 unspecified atom stereocenters. The van der Waals surface area contributed by atoms with Crippen LogP contribution >= 0.6 is 11.6 Å². The fourth-order valence-corrected chi connectivity index (χ4v) is 5.33. The van der Waals surface area contributed by atoms with E-state index < -0.39 is 16.9 Å². The summed E-state index contributed by atoms with van der Waals surface area (Å²) in [5.74, 6) is 0.708. The summed E-state index contributed by atoms with van der Waals surface area (Å²) in [6.07, 6.45) is 2.67. The van der Waals surface area contributed by atoms with Gasteiger partial charge in [0.05, 0.1) is 0 Å². The maximum Gasteiger partial charge on any atom is 0.321 e. The molecule has 0 amide bonds. The molecule has 1 heterocycles. The molecule has 0 saturated carbocycles. The number of esters is 1. The molecule has 0 spiro atoms. The standard InChI is InChI=1S/C30H39ClO6/c1-19(32)36-26-15-21-12-13-30(7,37-25(21)16-23(26)29(5,6)17-28(2,3)4)18-35-22-10-8-20(9-11-22)14-24(31)27(33)34/h8-11,15-16,24H,12-14,17-18H2,1-7H3,(H,33,34). The van der Waals surface area contributed by atoms with E-state index in [9.17, 15) is 9.59 Å². The molecule has 6 nitrogen and oxygen atoms in total. The summed E-state index contributed by atoms with van der Waals surface area (Å²) in [5.41, 5.74) is 2.11. The average molecular weight is 531 g/mol. The molecule has 202 valence electrons. The largest absolute Gasteiger partial charge is 0.489 e. The number of hydrogen-bond donors (Lipinski definition) is 1. The van der Waals surface area contributed by atoms with Crippen LogP contribution in [0.5, 0.6) is 17.2 Å². The van der Waals surface area contributed by atoms with Crippen LogP contribution in [0.4, 0.5) is 0 Å². The third-order valence-corrected chi connectivity index (χ3v) is 6.89. The van der Waals surface area contributed by atoms with Crippen LogP contribution in [0, 0.1) is 5.41 Å². The molecule has 7 heteroatoms. The molecule has 0 aromatic heterocycles. The van der Waals surface area contributed by atoms with Gasteiger partial charge in [-0.2, -0.15) is 0 Å². The van der Waals surface area contributed by atoms with Crippen LogP contribution in [0.25, 0.3) is 0 Å². The van der Waals surface area contributed by atoms with Crippen molar-refractivity contribution in [1.29, 1.82) is 0 Å². The van der Waals surface area contributed by atoms with E-state index in [4.69, 9.17) is 30.9 Å². The van der Waals surface area contributed by atoms with Crippen LogP contribution < -0.4 is 14.2 Å². The van der Waals surface area contributed by atoms with E-state index in [0.29, 0.717) is 18.1 Å². The predicted molar refractivity (Wildman–Crippen MR) is 145 cm³/mol. The van der Waals surface area contributed by atoms with Crippen LogP contribution in [0.1, 0.15) is 78.0 Å². The van der Waals surface area contributed by atoms with Crippen LogP contribution in [-0.4, -0.2) is 34.6 Å². The number of rotatable bonds is 9. The van der Waals surface area contributed by atoms with E-state index >= 15 is 0 Å². The van der Waals surface area contributed by atoms with Gasteiger partial charge < -0.3 is 19.3 Å². The van der Waals surface area contributed by atoms with Gasteiger partial charge in [0.2, 0.25) is 0 Å². The number of carboxylic acid groups (broad SMARTS) is 1. The second-order valence-electron chi connectivity index (χ2n) is 12.2. The van der Waals surface area contributed by atoms with Crippen molar-refractivity contribution in [2.24, 2.45) is 5.41 Å². The highest BCUT2D eigenvalue weighted by Crippen LogP contribution is 2.45. The predicted octanol–water partition coefficient (Wildman–Crippen LogP) is 6.72. The molecule has 2 atom stereocenters. The SMILES string of the molecule is CC(=O)Oc1cc2c(cc1C(C)(C)CC(C)(C)C)OC(C)(COc1ccc(CC(Cl)C(=O)O)cc1)CC2. The number of fused-ring (bicyclic) bond motifs is 1. The van der Waals surface area contributed by atoms with Crippen molar-refractivity contribution in [2.75, 3.05) is 6.61 Å². The summed E-state index contributed by atoms with van der Waals surface area (Å²) in [6, 6.07) is 11.3. The fraction of sp³-hybridized carbons (Fsp3) is 0.533. The third kappa shape index (κ3) is 7.88. The van der Waals surface area contributed by atoms with Crippen molar-refractivity contribution in [1.82, 2.24) is 0 Å². The first-order valence-corrected chi connectivity index (χ1v) is 13.1. The van der Waals surface area contributed by atoms with Gasteiger partial charge in [-0.3, -0.25) is 9.59 Å². The lowest BCUT2D eigenvalue weighted by atomic mass is 9.71. The fourth-order valence-electron chi connectivity index (χ4n) is 5.15. The number of alkyl halides is 1. The quantitative estimate of drug-likeness (QED) is 0.220. The van der Waals surface area contributed by atoms with E-state index in [2.05, 4.69) is 34.6 Å². The third-order valence-electron chi connectivity index (χ3n) is 6.55. The number of carbonyl (C=O) groups excluding carboxylic acids is 1. The molecule has 0 fully saturated rings. The molecule has 1 N–H and O–H groups in total. The molecular formula is C30H39ClO6. The number of benzene rings is 2. The topological polar surface area (TPSA) is 82.1 Å². The zero-order chi connectivity index (χ0) is 27.6. The van der Waals surface area contributed by atoms with Gasteiger partial charge >= 0.3 is 11.9 Å². The molecule has 1 aliphatic heterocycles. The summed E-state index contributed by atoms with van der Waals surface area (Å²) >= 11 is 5.85. The molecule has 0 aliphatic carbocycles. The van der Waals surface area contributed by atoms with E-state index in [0.717, 1.165) is 41.7 Å². The van der Waals surface area contributed by atoms with E-state index in [1.807, 2.05) is 43.3 Å². The first kappa shape index (κ1) is 28.8. The Kier molecular flexibility index (Phi) is 8.53. The van der Waals surface area contributed by atoms with Crippen LogP contribution in [0.15, 0.2) is 36.4 Å². The van der Waals surface area contributed by atoms with E-state index in [1.54, 1.807) is 0 Å². The number of carboxylic acids is 1. The number of carbonyl (C=O) groups is 2. The smallest absolute Gasteiger partial charge is 0.321 e. The zero-order valence-electron chi connectivity index (χ0n) is 22.9. The number of aryl methyl sites for hydroxylation is 1. The highest BCUT2D eigenvalue weighted by molar-refractivity contribution is 6.29. The van der Waals surface area contributed by atoms with Crippen molar-refractivity contribution in [3.63, 3.8) is 0 Å². The van der Waals surface area contributed by atoms with Gasteiger partial charge in [-0.25, -0.2) is 0 Å². The molecule has 0 bridgehead atoms. The van der Waals surface area contributed by atoms with Gasteiger partial charge in [0.1, 0.15) is 34.8 Å². The van der Waals surface area contributed by atoms with Crippen molar-refractivity contribution in [3.8, 4) is 17.2 Å². The Labute approximate surface area is 225 Å².